The van der Waals surface area contributed by atoms with Crippen LogP contribution in [0.1, 0.15) is 23.7 Å². The Hall–Kier alpha value is -2.53. The zero-order valence-electron chi connectivity index (χ0n) is 13.6. The predicted octanol–water partition coefficient (Wildman–Crippen LogP) is 1.14. The molecule has 0 fully saturated rings. The van der Waals surface area contributed by atoms with Gasteiger partial charge < -0.3 is 16.0 Å². The van der Waals surface area contributed by atoms with E-state index < -0.39 is 6.04 Å². The van der Waals surface area contributed by atoms with Crippen LogP contribution in [-0.2, 0) is 9.59 Å². The number of benzene rings is 1. The van der Waals surface area contributed by atoms with Crippen molar-refractivity contribution in [1.82, 2.24) is 10.6 Å². The number of rotatable bonds is 8. The summed E-state index contributed by atoms with van der Waals surface area (Å²) in [5.41, 5.74) is 0.981. The molecule has 1 unspecified atom stereocenters. The van der Waals surface area contributed by atoms with Crippen molar-refractivity contribution in [1.29, 1.82) is 5.26 Å². The molecule has 24 heavy (non-hydrogen) atoms. The molecule has 0 spiro atoms. The van der Waals surface area contributed by atoms with Crippen LogP contribution in [0.5, 0.6) is 0 Å². The molecule has 1 aromatic rings. The second-order valence-corrected chi connectivity index (χ2v) is 5.85. The number of carbonyl (C=O) groups excluding carboxylic acids is 3. The van der Waals surface area contributed by atoms with E-state index in [4.69, 9.17) is 5.26 Å². The Bertz CT molecular complexity index is 625. The molecule has 0 bridgehead atoms. The van der Waals surface area contributed by atoms with Gasteiger partial charge in [0, 0.05) is 30.5 Å². The van der Waals surface area contributed by atoms with Crippen LogP contribution in [0.15, 0.2) is 24.3 Å². The molecule has 1 aromatic carbocycles. The first-order valence-corrected chi connectivity index (χ1v) is 8.69. The SMILES string of the molecule is CSCC(NC(=O)c1ccc(NC(C)=O)cc1)C(=O)NCCC#N. The minimum Gasteiger partial charge on any atom is -0.353 e. The Balaban J connectivity index is 2.68. The second-order valence-electron chi connectivity index (χ2n) is 4.94. The van der Waals surface area contributed by atoms with Crippen molar-refractivity contribution in [3.8, 4) is 6.07 Å². The number of anilines is 1. The van der Waals surface area contributed by atoms with E-state index >= 15 is 0 Å². The van der Waals surface area contributed by atoms with Crippen LogP contribution in [0.4, 0.5) is 5.69 Å². The van der Waals surface area contributed by atoms with Crippen molar-refractivity contribution >= 4 is 35.2 Å². The smallest absolute Gasteiger partial charge is 0.251 e. The van der Waals surface area contributed by atoms with Crippen LogP contribution in [0.3, 0.4) is 0 Å². The van der Waals surface area contributed by atoms with E-state index in [-0.39, 0.29) is 30.7 Å². The van der Waals surface area contributed by atoms with Gasteiger partial charge >= 0.3 is 0 Å². The molecular formula is C16H20N4O3S. The summed E-state index contributed by atoms with van der Waals surface area (Å²) < 4.78 is 0. The zero-order valence-corrected chi connectivity index (χ0v) is 14.4. The van der Waals surface area contributed by atoms with Gasteiger partial charge in [-0.1, -0.05) is 0 Å². The van der Waals surface area contributed by atoms with Gasteiger partial charge in [0.1, 0.15) is 6.04 Å². The number of hydrogen-bond donors (Lipinski definition) is 3. The molecular weight excluding hydrogens is 328 g/mol. The third-order valence-corrected chi connectivity index (χ3v) is 3.63. The Morgan fingerprint density at radius 2 is 1.92 bits per heavy atom. The van der Waals surface area contributed by atoms with Gasteiger partial charge in [0.15, 0.2) is 0 Å². The van der Waals surface area contributed by atoms with E-state index in [1.807, 2.05) is 12.3 Å². The Morgan fingerprint density at radius 1 is 1.25 bits per heavy atom. The largest absolute Gasteiger partial charge is 0.353 e. The molecule has 1 rings (SSSR count). The highest BCUT2D eigenvalue weighted by Gasteiger charge is 2.20. The molecule has 3 N–H and O–H groups in total. The van der Waals surface area contributed by atoms with Crippen LogP contribution < -0.4 is 16.0 Å². The van der Waals surface area contributed by atoms with E-state index in [2.05, 4.69) is 16.0 Å². The van der Waals surface area contributed by atoms with Crippen molar-refractivity contribution in [2.75, 3.05) is 23.9 Å². The number of carbonyl (C=O) groups is 3. The van der Waals surface area contributed by atoms with Gasteiger partial charge in [-0.15, -0.1) is 0 Å². The first-order valence-electron chi connectivity index (χ1n) is 7.30. The molecule has 8 heteroatoms. The summed E-state index contributed by atoms with van der Waals surface area (Å²) >= 11 is 1.44. The van der Waals surface area contributed by atoms with Crippen LogP contribution in [0, 0.1) is 11.3 Å². The minimum absolute atomic E-state index is 0.193. The average molecular weight is 348 g/mol. The normalized spacial score (nSPS) is 11.0. The van der Waals surface area contributed by atoms with E-state index in [0.717, 1.165) is 0 Å². The molecule has 0 heterocycles. The third kappa shape index (κ3) is 6.71. The molecule has 0 aliphatic carbocycles. The molecule has 0 saturated heterocycles. The van der Waals surface area contributed by atoms with Crippen LogP contribution in [0.25, 0.3) is 0 Å². The van der Waals surface area contributed by atoms with Crippen molar-refractivity contribution in [2.45, 2.75) is 19.4 Å². The second kappa shape index (κ2) is 10.3. The standard InChI is InChI=1S/C16H20N4O3S/c1-11(21)19-13-6-4-12(5-7-13)15(22)20-14(10-24-2)16(23)18-9-3-8-17/h4-7,14H,3,9-10H2,1-2H3,(H,18,23)(H,19,21)(H,20,22). The lowest BCUT2D eigenvalue weighted by molar-refractivity contribution is -0.122. The van der Waals surface area contributed by atoms with Gasteiger partial charge in [-0.3, -0.25) is 14.4 Å². The minimum atomic E-state index is -0.679. The summed E-state index contributed by atoms with van der Waals surface area (Å²) in [7, 11) is 0. The van der Waals surface area contributed by atoms with Crippen LogP contribution >= 0.6 is 11.8 Å². The maximum Gasteiger partial charge on any atom is 0.251 e. The summed E-state index contributed by atoms with van der Waals surface area (Å²) in [6, 6.07) is 7.65. The van der Waals surface area contributed by atoms with E-state index in [9.17, 15) is 14.4 Å². The monoisotopic (exact) mass is 348 g/mol. The van der Waals surface area contributed by atoms with E-state index in [1.54, 1.807) is 24.3 Å². The first kappa shape index (κ1) is 19.5. The maximum absolute atomic E-state index is 12.3. The summed E-state index contributed by atoms with van der Waals surface area (Å²) in [6.45, 7) is 1.65. The number of hydrogen-bond acceptors (Lipinski definition) is 5. The van der Waals surface area contributed by atoms with Gasteiger partial charge in [-0.2, -0.15) is 17.0 Å². The Labute approximate surface area is 145 Å². The Kier molecular flexibility index (Phi) is 8.36. The molecule has 7 nitrogen and oxygen atoms in total. The van der Waals surface area contributed by atoms with Crippen LogP contribution in [0.2, 0.25) is 0 Å². The fraction of sp³-hybridized carbons (Fsp3) is 0.375. The number of thioether (sulfide) groups is 1. The third-order valence-electron chi connectivity index (χ3n) is 2.96. The fourth-order valence-electron chi connectivity index (χ4n) is 1.86. The van der Waals surface area contributed by atoms with Gasteiger partial charge in [0.05, 0.1) is 12.5 Å². The molecule has 0 aliphatic heterocycles. The lowest BCUT2D eigenvalue weighted by Crippen LogP contribution is -2.48. The van der Waals surface area contributed by atoms with Gasteiger partial charge in [0.2, 0.25) is 11.8 Å². The number of nitrogens with zero attached hydrogens (tertiary/aromatic N) is 1. The summed E-state index contributed by atoms with van der Waals surface area (Å²) in [5.74, 6) is -0.461. The maximum atomic E-state index is 12.3. The molecule has 1 atom stereocenters. The number of amides is 3. The number of nitrogens with one attached hydrogen (secondary N) is 3. The van der Waals surface area contributed by atoms with Gasteiger partial charge in [-0.05, 0) is 30.5 Å². The molecule has 3 amide bonds. The summed E-state index contributed by atoms with van der Waals surface area (Å²) in [4.78, 5) is 35.3. The molecule has 0 saturated carbocycles. The highest BCUT2D eigenvalue weighted by molar-refractivity contribution is 7.98. The van der Waals surface area contributed by atoms with Crippen molar-refractivity contribution in [3.05, 3.63) is 29.8 Å². The lowest BCUT2D eigenvalue weighted by Gasteiger charge is -2.17. The zero-order chi connectivity index (χ0) is 17.9. The van der Waals surface area contributed by atoms with Gasteiger partial charge in [0.25, 0.3) is 5.91 Å². The van der Waals surface area contributed by atoms with E-state index in [1.165, 1.54) is 18.7 Å². The molecule has 0 radical (unpaired) electrons. The summed E-state index contributed by atoms with van der Waals surface area (Å²) in [5, 5.41) is 16.4. The van der Waals surface area contributed by atoms with Crippen molar-refractivity contribution in [2.24, 2.45) is 0 Å². The average Bonchev–Trinajstić information content (AvgIpc) is 2.54. The predicted molar refractivity (Wildman–Crippen MR) is 93.6 cm³/mol. The first-order chi connectivity index (χ1) is 11.5. The molecule has 128 valence electrons. The highest BCUT2D eigenvalue weighted by Crippen LogP contribution is 2.10. The quantitative estimate of drug-likeness (QED) is 0.610. The molecule has 0 aromatic heterocycles. The fourth-order valence-corrected chi connectivity index (χ4v) is 2.43. The molecule has 0 aliphatic rings. The van der Waals surface area contributed by atoms with Crippen LogP contribution in [-0.4, -0.2) is 42.3 Å². The number of nitriles is 1. The lowest BCUT2D eigenvalue weighted by atomic mass is 10.1. The van der Waals surface area contributed by atoms with Gasteiger partial charge in [-0.25, -0.2) is 0 Å². The highest BCUT2D eigenvalue weighted by atomic mass is 32.2. The topological polar surface area (TPSA) is 111 Å². The Morgan fingerprint density at radius 3 is 2.46 bits per heavy atom. The van der Waals surface area contributed by atoms with Crippen molar-refractivity contribution in [3.63, 3.8) is 0 Å². The summed E-state index contributed by atoms with van der Waals surface area (Å²) in [6.07, 6.45) is 2.06. The van der Waals surface area contributed by atoms with E-state index in [0.29, 0.717) is 17.0 Å². The van der Waals surface area contributed by atoms with Crippen molar-refractivity contribution < 1.29 is 14.4 Å².